The van der Waals surface area contributed by atoms with Crippen LogP contribution in [0.5, 0.6) is 0 Å². The van der Waals surface area contributed by atoms with Gasteiger partial charge < -0.3 is 15.4 Å². The predicted molar refractivity (Wildman–Crippen MR) is 121 cm³/mol. The van der Waals surface area contributed by atoms with Gasteiger partial charge in [-0.3, -0.25) is 9.89 Å². The van der Waals surface area contributed by atoms with Crippen LogP contribution in [0, 0.1) is 6.92 Å². The fourth-order valence-electron chi connectivity index (χ4n) is 3.13. The lowest BCUT2D eigenvalue weighted by molar-refractivity contribution is 0.0170. The Balaban J connectivity index is 0.00000338. The summed E-state index contributed by atoms with van der Waals surface area (Å²) in [5, 5.41) is 6.93. The summed E-state index contributed by atoms with van der Waals surface area (Å²) < 4.78 is 5.53. The maximum absolute atomic E-state index is 5.53. The molecule has 26 heavy (non-hydrogen) atoms. The molecule has 0 spiro atoms. The summed E-state index contributed by atoms with van der Waals surface area (Å²) in [5.74, 6) is 0.890. The molecule has 6 heteroatoms. The normalized spacial score (nSPS) is 16.7. The van der Waals surface area contributed by atoms with Crippen molar-refractivity contribution in [3.8, 4) is 0 Å². The number of unbranched alkanes of at least 4 members (excludes halogenated alkanes) is 2. The number of nitrogens with one attached hydrogen (secondary N) is 2. The van der Waals surface area contributed by atoms with Gasteiger partial charge >= 0.3 is 0 Å². The first-order valence-electron chi connectivity index (χ1n) is 9.57. The molecular formula is C20H35IN4O. The molecule has 1 aromatic rings. The van der Waals surface area contributed by atoms with Crippen molar-refractivity contribution in [2.45, 2.75) is 39.2 Å². The van der Waals surface area contributed by atoms with E-state index in [1.54, 1.807) is 0 Å². The number of ether oxygens (including phenoxy) is 1. The molecule has 148 valence electrons. The van der Waals surface area contributed by atoms with Crippen LogP contribution in [0.3, 0.4) is 0 Å². The lowest BCUT2D eigenvalue weighted by Crippen LogP contribution is -2.46. The number of aliphatic imine (C=N–C) groups is 1. The van der Waals surface area contributed by atoms with Crippen LogP contribution in [-0.2, 0) is 4.74 Å². The van der Waals surface area contributed by atoms with Crippen LogP contribution in [0.1, 0.15) is 43.4 Å². The second kappa shape index (κ2) is 13.3. The van der Waals surface area contributed by atoms with Crippen LogP contribution in [0.15, 0.2) is 29.3 Å². The van der Waals surface area contributed by atoms with Gasteiger partial charge in [-0.25, -0.2) is 0 Å². The molecule has 0 radical (unpaired) electrons. The first-order valence-corrected chi connectivity index (χ1v) is 9.57. The summed E-state index contributed by atoms with van der Waals surface area (Å²) in [6.07, 6.45) is 3.67. The highest BCUT2D eigenvalue weighted by atomic mass is 127. The van der Waals surface area contributed by atoms with E-state index in [4.69, 9.17) is 4.74 Å². The zero-order valence-electron chi connectivity index (χ0n) is 16.5. The standard InChI is InChI=1S/C20H34N4O.HI/c1-4-5-6-11-22-20(21-3)23-16-19(24-12-14-25-15-13-24)18-9-7-17(2)8-10-18;/h7-10,19H,4-6,11-16H2,1-3H3,(H2,21,22,23);1H. The summed E-state index contributed by atoms with van der Waals surface area (Å²) in [6.45, 7) is 9.75. The van der Waals surface area contributed by atoms with Crippen LogP contribution in [0.4, 0.5) is 0 Å². The highest BCUT2D eigenvalue weighted by Crippen LogP contribution is 2.21. The van der Waals surface area contributed by atoms with Crippen LogP contribution in [0.25, 0.3) is 0 Å². The molecule has 0 amide bonds. The molecule has 1 aliphatic heterocycles. The zero-order valence-corrected chi connectivity index (χ0v) is 18.8. The number of nitrogens with zero attached hydrogens (tertiary/aromatic N) is 2. The highest BCUT2D eigenvalue weighted by Gasteiger charge is 2.22. The molecular weight excluding hydrogens is 439 g/mol. The van der Waals surface area contributed by atoms with E-state index in [0.29, 0.717) is 6.04 Å². The first kappa shape index (κ1) is 23.2. The molecule has 0 aromatic heterocycles. The van der Waals surface area contributed by atoms with E-state index in [9.17, 15) is 0 Å². The van der Waals surface area contributed by atoms with Gasteiger partial charge in [0.1, 0.15) is 0 Å². The minimum Gasteiger partial charge on any atom is -0.379 e. The maximum Gasteiger partial charge on any atom is 0.191 e. The number of rotatable bonds is 8. The number of morpholine rings is 1. The molecule has 5 nitrogen and oxygen atoms in total. The molecule has 0 bridgehead atoms. The van der Waals surface area contributed by atoms with Gasteiger partial charge in [-0.05, 0) is 18.9 Å². The molecule has 1 atom stereocenters. The topological polar surface area (TPSA) is 48.9 Å². The Bertz CT molecular complexity index is 515. The Labute approximate surface area is 176 Å². The average molecular weight is 474 g/mol. The first-order chi connectivity index (χ1) is 12.2. The average Bonchev–Trinajstić information content (AvgIpc) is 2.66. The second-order valence-corrected chi connectivity index (χ2v) is 6.66. The largest absolute Gasteiger partial charge is 0.379 e. The van der Waals surface area contributed by atoms with Crippen molar-refractivity contribution in [1.82, 2.24) is 15.5 Å². The van der Waals surface area contributed by atoms with Crippen molar-refractivity contribution in [3.63, 3.8) is 0 Å². The van der Waals surface area contributed by atoms with E-state index in [1.165, 1.54) is 30.4 Å². The lowest BCUT2D eigenvalue weighted by atomic mass is 10.0. The van der Waals surface area contributed by atoms with Crippen molar-refractivity contribution in [1.29, 1.82) is 0 Å². The summed E-state index contributed by atoms with van der Waals surface area (Å²) in [5.41, 5.74) is 2.65. The number of hydrogen-bond acceptors (Lipinski definition) is 3. The third kappa shape index (κ3) is 7.80. The number of halogens is 1. The molecule has 0 saturated carbocycles. The van der Waals surface area contributed by atoms with Gasteiger partial charge in [0, 0.05) is 33.2 Å². The van der Waals surface area contributed by atoms with E-state index in [1.807, 2.05) is 7.05 Å². The number of aryl methyl sites for hydroxylation is 1. The van der Waals surface area contributed by atoms with Crippen LogP contribution < -0.4 is 10.6 Å². The van der Waals surface area contributed by atoms with E-state index in [0.717, 1.165) is 45.4 Å². The van der Waals surface area contributed by atoms with Crippen molar-refractivity contribution in [3.05, 3.63) is 35.4 Å². The molecule has 1 aromatic carbocycles. The van der Waals surface area contributed by atoms with Gasteiger partial charge in [0.15, 0.2) is 5.96 Å². The van der Waals surface area contributed by atoms with Gasteiger partial charge in [-0.15, -0.1) is 24.0 Å². The van der Waals surface area contributed by atoms with E-state index in [-0.39, 0.29) is 24.0 Å². The smallest absolute Gasteiger partial charge is 0.191 e. The van der Waals surface area contributed by atoms with Crippen molar-refractivity contribution < 1.29 is 4.74 Å². The van der Waals surface area contributed by atoms with Crippen molar-refractivity contribution in [2.75, 3.05) is 46.4 Å². The Morgan fingerprint density at radius 3 is 2.46 bits per heavy atom. The molecule has 1 unspecified atom stereocenters. The second-order valence-electron chi connectivity index (χ2n) is 6.66. The number of guanidine groups is 1. The molecule has 1 fully saturated rings. The predicted octanol–water partition coefficient (Wildman–Crippen LogP) is 3.34. The highest BCUT2D eigenvalue weighted by molar-refractivity contribution is 14.0. The minimum absolute atomic E-state index is 0. The molecule has 1 saturated heterocycles. The SMILES string of the molecule is CCCCCNC(=NC)NCC(c1ccc(C)cc1)N1CCOCC1.I. The Morgan fingerprint density at radius 2 is 1.85 bits per heavy atom. The summed E-state index contributed by atoms with van der Waals surface area (Å²) in [7, 11) is 1.84. The van der Waals surface area contributed by atoms with Gasteiger partial charge in [-0.1, -0.05) is 49.6 Å². The molecule has 1 heterocycles. The molecule has 2 N–H and O–H groups in total. The number of hydrogen-bond donors (Lipinski definition) is 2. The Morgan fingerprint density at radius 1 is 1.15 bits per heavy atom. The summed E-state index contributed by atoms with van der Waals surface area (Å²) in [4.78, 5) is 6.87. The summed E-state index contributed by atoms with van der Waals surface area (Å²) in [6, 6.07) is 9.21. The van der Waals surface area contributed by atoms with Gasteiger partial charge in [0.2, 0.25) is 0 Å². The zero-order chi connectivity index (χ0) is 17.9. The van der Waals surface area contributed by atoms with E-state index >= 15 is 0 Å². The molecule has 0 aliphatic carbocycles. The van der Waals surface area contributed by atoms with Crippen LogP contribution >= 0.6 is 24.0 Å². The van der Waals surface area contributed by atoms with Crippen molar-refractivity contribution in [2.24, 2.45) is 4.99 Å². The third-order valence-electron chi connectivity index (χ3n) is 4.71. The summed E-state index contributed by atoms with van der Waals surface area (Å²) >= 11 is 0. The Hall–Kier alpha value is -0.860. The maximum atomic E-state index is 5.53. The van der Waals surface area contributed by atoms with Gasteiger partial charge in [0.25, 0.3) is 0 Å². The van der Waals surface area contributed by atoms with E-state index < -0.39 is 0 Å². The fourth-order valence-corrected chi connectivity index (χ4v) is 3.13. The van der Waals surface area contributed by atoms with Crippen molar-refractivity contribution >= 4 is 29.9 Å². The minimum atomic E-state index is 0. The third-order valence-corrected chi connectivity index (χ3v) is 4.71. The monoisotopic (exact) mass is 474 g/mol. The number of benzene rings is 1. The fraction of sp³-hybridized carbons (Fsp3) is 0.650. The lowest BCUT2D eigenvalue weighted by Gasteiger charge is -2.35. The van der Waals surface area contributed by atoms with E-state index in [2.05, 4.69) is 58.6 Å². The quantitative estimate of drug-likeness (QED) is 0.263. The van der Waals surface area contributed by atoms with Gasteiger partial charge in [0.05, 0.1) is 19.3 Å². The van der Waals surface area contributed by atoms with Crippen LogP contribution in [0.2, 0.25) is 0 Å². The van der Waals surface area contributed by atoms with Gasteiger partial charge in [-0.2, -0.15) is 0 Å². The molecule has 2 rings (SSSR count). The Kier molecular flexibility index (Phi) is 11.9. The van der Waals surface area contributed by atoms with Crippen LogP contribution in [-0.4, -0.2) is 57.3 Å². The molecule has 1 aliphatic rings.